The average Bonchev–Trinajstić information content (AvgIpc) is 2.93. The van der Waals surface area contributed by atoms with Gasteiger partial charge < -0.3 is 30.0 Å². The van der Waals surface area contributed by atoms with E-state index in [-0.39, 0.29) is 24.4 Å². The van der Waals surface area contributed by atoms with Crippen LogP contribution in [-0.2, 0) is 27.5 Å². The Kier molecular flexibility index (Phi) is 7.02. The van der Waals surface area contributed by atoms with Crippen LogP contribution in [0.3, 0.4) is 0 Å². The summed E-state index contributed by atoms with van der Waals surface area (Å²) in [7, 11) is 0. The van der Waals surface area contributed by atoms with E-state index < -0.39 is 18.1 Å². The molecule has 2 heterocycles. The van der Waals surface area contributed by atoms with Crippen LogP contribution in [-0.4, -0.2) is 17.3 Å². The molecule has 1 aliphatic rings. The van der Waals surface area contributed by atoms with Crippen LogP contribution in [0.25, 0.3) is 11.0 Å². The maximum atomic E-state index is 13.3. The molecule has 0 unspecified atom stereocenters. The summed E-state index contributed by atoms with van der Waals surface area (Å²) in [4.78, 5) is 26.4. The molecule has 0 spiro atoms. The predicted molar refractivity (Wildman–Crippen MR) is 139 cm³/mol. The Labute approximate surface area is 212 Å². The Morgan fingerprint density at radius 3 is 2.54 bits per heavy atom. The van der Waals surface area contributed by atoms with Gasteiger partial charge in [0.05, 0.1) is 36.2 Å². The van der Waals surface area contributed by atoms with Crippen LogP contribution in [0.1, 0.15) is 29.0 Å². The van der Waals surface area contributed by atoms with Crippen LogP contribution >= 0.6 is 0 Å². The van der Waals surface area contributed by atoms with Gasteiger partial charge in [-0.2, -0.15) is 0 Å². The number of ether oxygens (including phenoxy) is 2. The van der Waals surface area contributed by atoms with E-state index in [1.54, 1.807) is 54.6 Å². The number of nitrogen functional groups attached to an aromatic ring is 1. The van der Waals surface area contributed by atoms with Crippen molar-refractivity contribution < 1.29 is 23.8 Å². The Morgan fingerprint density at radius 1 is 1.03 bits per heavy atom. The number of hydrogen-bond acceptors (Lipinski definition) is 7. The number of fused-ring (bicyclic) bond motifs is 1. The highest BCUT2D eigenvalue weighted by atomic mass is 16.7. The first-order valence-corrected chi connectivity index (χ1v) is 11.9. The lowest BCUT2D eigenvalue weighted by Gasteiger charge is -2.29. The van der Waals surface area contributed by atoms with Crippen molar-refractivity contribution in [3.8, 4) is 0 Å². The highest BCUT2D eigenvalue weighted by Gasteiger charge is 2.31. The molecule has 188 valence electrons. The van der Waals surface area contributed by atoms with Gasteiger partial charge in [-0.15, -0.1) is 0 Å². The maximum Gasteiger partial charge on any atom is 0.290 e. The first-order chi connectivity index (χ1) is 18.0. The van der Waals surface area contributed by atoms with Crippen LogP contribution in [0, 0.1) is 0 Å². The van der Waals surface area contributed by atoms with E-state index in [1.807, 2.05) is 24.3 Å². The van der Waals surface area contributed by atoms with E-state index in [0.717, 1.165) is 11.1 Å². The fourth-order valence-corrected chi connectivity index (χ4v) is 4.21. The lowest BCUT2D eigenvalue weighted by molar-refractivity contribution is -0.147. The molecular formula is C29H26N2O6. The van der Waals surface area contributed by atoms with Crippen molar-refractivity contribution in [2.24, 2.45) is 0 Å². The first-order valence-electron chi connectivity index (χ1n) is 11.9. The SMILES string of the molecule is Nc1ccccc1NC(=O)C1=C[C@H](c2coc3ccccc3c2=O)C[C@H](OCc2ccc(CO)cc2)O1. The number of aliphatic hydroxyl groups excluding tert-OH is 1. The van der Waals surface area contributed by atoms with Gasteiger partial charge in [-0.1, -0.05) is 48.5 Å². The van der Waals surface area contributed by atoms with Crippen molar-refractivity contribution >= 4 is 28.3 Å². The number of carbonyl (C=O) groups excluding carboxylic acids is 1. The number of nitrogens with one attached hydrogen (secondary N) is 1. The van der Waals surface area contributed by atoms with Crippen molar-refractivity contribution in [3.63, 3.8) is 0 Å². The zero-order chi connectivity index (χ0) is 25.8. The number of hydrogen-bond donors (Lipinski definition) is 3. The molecule has 0 bridgehead atoms. The Morgan fingerprint density at radius 2 is 1.76 bits per heavy atom. The molecule has 0 saturated carbocycles. The summed E-state index contributed by atoms with van der Waals surface area (Å²) in [5, 5.41) is 12.5. The van der Waals surface area contributed by atoms with Crippen molar-refractivity contribution in [1.29, 1.82) is 0 Å². The molecule has 1 aliphatic heterocycles. The lowest BCUT2D eigenvalue weighted by atomic mass is 9.93. The predicted octanol–water partition coefficient (Wildman–Crippen LogP) is 4.44. The van der Waals surface area contributed by atoms with Gasteiger partial charge in [-0.25, -0.2) is 0 Å². The molecule has 1 amide bonds. The van der Waals surface area contributed by atoms with Gasteiger partial charge in [0.25, 0.3) is 5.91 Å². The van der Waals surface area contributed by atoms with Gasteiger partial charge in [-0.05, 0) is 41.5 Å². The van der Waals surface area contributed by atoms with Gasteiger partial charge in [0.2, 0.25) is 6.29 Å². The zero-order valence-electron chi connectivity index (χ0n) is 19.9. The third-order valence-corrected chi connectivity index (χ3v) is 6.24. The van der Waals surface area contributed by atoms with Crippen LogP contribution in [0.4, 0.5) is 11.4 Å². The summed E-state index contributed by atoms with van der Waals surface area (Å²) >= 11 is 0. The Bertz CT molecular complexity index is 1510. The average molecular weight is 499 g/mol. The van der Waals surface area contributed by atoms with Gasteiger partial charge in [0, 0.05) is 17.9 Å². The Balaban J connectivity index is 1.43. The fourth-order valence-electron chi connectivity index (χ4n) is 4.21. The van der Waals surface area contributed by atoms with Crippen LogP contribution in [0.2, 0.25) is 0 Å². The number of para-hydroxylation sites is 3. The third-order valence-electron chi connectivity index (χ3n) is 6.24. The quantitative estimate of drug-likeness (QED) is 0.322. The number of allylic oxidation sites excluding steroid dienone is 1. The van der Waals surface area contributed by atoms with Crippen LogP contribution in [0.5, 0.6) is 0 Å². The second-order valence-electron chi connectivity index (χ2n) is 8.76. The molecule has 8 heteroatoms. The van der Waals surface area contributed by atoms with Crippen molar-refractivity contribution in [2.75, 3.05) is 11.1 Å². The summed E-state index contributed by atoms with van der Waals surface area (Å²) in [6.07, 6.45) is 2.56. The topological polar surface area (TPSA) is 124 Å². The molecule has 4 N–H and O–H groups in total. The number of rotatable bonds is 7. The molecule has 0 radical (unpaired) electrons. The lowest BCUT2D eigenvalue weighted by Crippen LogP contribution is -2.30. The van der Waals surface area contributed by atoms with Crippen LogP contribution < -0.4 is 16.5 Å². The summed E-state index contributed by atoms with van der Waals surface area (Å²) in [6.45, 7) is 0.175. The van der Waals surface area contributed by atoms with Crippen molar-refractivity contribution in [3.05, 3.63) is 118 Å². The first kappa shape index (κ1) is 24.3. The molecule has 2 atom stereocenters. The van der Waals surface area contributed by atoms with Gasteiger partial charge in [0.15, 0.2) is 11.2 Å². The van der Waals surface area contributed by atoms with E-state index in [4.69, 9.17) is 19.6 Å². The molecule has 8 nitrogen and oxygen atoms in total. The number of nitrogens with two attached hydrogens (primary N) is 1. The molecule has 0 fully saturated rings. The minimum absolute atomic E-state index is 0.0210. The van der Waals surface area contributed by atoms with E-state index in [2.05, 4.69) is 5.32 Å². The standard InChI is InChI=1S/C29H26N2O6/c30-23-6-2-3-7-24(23)31-29(34)26-13-20(22-17-35-25-8-4-1-5-21(25)28(22)33)14-27(37-26)36-16-19-11-9-18(15-32)10-12-19/h1-13,17,20,27,32H,14-16,30H2,(H,31,34)/t20-,27+/m0/s1. The second kappa shape index (κ2) is 10.7. The van der Waals surface area contributed by atoms with Crippen molar-refractivity contribution in [1.82, 2.24) is 0 Å². The highest BCUT2D eigenvalue weighted by Crippen LogP contribution is 2.32. The van der Waals surface area contributed by atoms with Crippen LogP contribution in [0.15, 0.2) is 100 Å². The molecule has 4 aromatic rings. The minimum atomic E-state index is -0.799. The molecule has 1 aromatic heterocycles. The Hall–Kier alpha value is -4.40. The summed E-state index contributed by atoms with van der Waals surface area (Å²) in [5.74, 6) is -0.966. The molecule has 5 rings (SSSR count). The summed E-state index contributed by atoms with van der Waals surface area (Å²) in [6, 6.07) is 21.3. The molecular weight excluding hydrogens is 472 g/mol. The van der Waals surface area contributed by atoms with Crippen molar-refractivity contribution in [2.45, 2.75) is 31.8 Å². The molecule has 0 aliphatic carbocycles. The second-order valence-corrected chi connectivity index (χ2v) is 8.76. The molecule has 0 saturated heterocycles. The number of carbonyl (C=O) groups is 1. The van der Waals surface area contributed by atoms with Gasteiger partial charge in [0.1, 0.15) is 5.58 Å². The monoisotopic (exact) mass is 498 g/mol. The molecule has 37 heavy (non-hydrogen) atoms. The largest absolute Gasteiger partial charge is 0.464 e. The third kappa shape index (κ3) is 5.40. The smallest absolute Gasteiger partial charge is 0.290 e. The minimum Gasteiger partial charge on any atom is -0.464 e. The zero-order valence-corrected chi connectivity index (χ0v) is 19.9. The van der Waals surface area contributed by atoms with E-state index in [0.29, 0.717) is 34.3 Å². The normalized spacial score (nSPS) is 17.2. The maximum absolute atomic E-state index is 13.3. The summed E-state index contributed by atoms with van der Waals surface area (Å²) < 4.78 is 17.7. The molecule has 3 aromatic carbocycles. The van der Waals surface area contributed by atoms with E-state index in [9.17, 15) is 14.7 Å². The number of amides is 1. The van der Waals surface area contributed by atoms with E-state index >= 15 is 0 Å². The van der Waals surface area contributed by atoms with Gasteiger partial charge in [-0.3, -0.25) is 9.59 Å². The summed E-state index contributed by atoms with van der Waals surface area (Å²) in [5.41, 5.74) is 9.24. The number of anilines is 2. The van der Waals surface area contributed by atoms with E-state index in [1.165, 1.54) is 6.26 Å². The fraction of sp³-hybridized carbons (Fsp3) is 0.172. The van der Waals surface area contributed by atoms with Gasteiger partial charge >= 0.3 is 0 Å². The highest BCUT2D eigenvalue weighted by molar-refractivity contribution is 6.04. The number of benzene rings is 3. The number of aliphatic hydroxyl groups is 1.